The predicted octanol–water partition coefficient (Wildman–Crippen LogP) is 5.12. The van der Waals surface area contributed by atoms with Gasteiger partial charge in [0.15, 0.2) is 6.29 Å². The molecule has 3 aromatic rings. The van der Waals surface area contributed by atoms with Gasteiger partial charge in [-0.15, -0.1) is 0 Å². The number of aliphatic hydroxyl groups is 1. The summed E-state index contributed by atoms with van der Waals surface area (Å²) >= 11 is 0. The molecule has 2 heterocycles. The van der Waals surface area contributed by atoms with Crippen LogP contribution in [0.4, 0.5) is 10.5 Å². The number of hydrogen-bond acceptors (Lipinski definition) is 7. The van der Waals surface area contributed by atoms with Crippen molar-refractivity contribution in [3.8, 4) is 0 Å². The zero-order chi connectivity index (χ0) is 30.0. The fourth-order valence-corrected chi connectivity index (χ4v) is 5.70. The van der Waals surface area contributed by atoms with Gasteiger partial charge in [0.05, 0.1) is 25.9 Å². The molecule has 0 bridgehead atoms. The number of piperidine rings is 1. The molecule has 2 fully saturated rings. The van der Waals surface area contributed by atoms with E-state index >= 15 is 0 Å². The lowest BCUT2D eigenvalue weighted by Crippen LogP contribution is -2.45. The van der Waals surface area contributed by atoms with Crippen LogP contribution in [-0.2, 0) is 32.0 Å². The van der Waals surface area contributed by atoms with Gasteiger partial charge in [-0.2, -0.15) is 0 Å². The highest BCUT2D eigenvalue weighted by Crippen LogP contribution is 2.38. The number of esters is 1. The van der Waals surface area contributed by atoms with Crippen molar-refractivity contribution >= 4 is 17.7 Å². The Morgan fingerprint density at radius 1 is 0.907 bits per heavy atom. The van der Waals surface area contributed by atoms with Gasteiger partial charge >= 0.3 is 12.0 Å². The minimum absolute atomic E-state index is 0.00261. The van der Waals surface area contributed by atoms with Crippen molar-refractivity contribution in [3.05, 3.63) is 101 Å². The number of nitrogens with one attached hydrogen (secondary N) is 2. The van der Waals surface area contributed by atoms with Gasteiger partial charge < -0.3 is 34.9 Å². The topological polar surface area (TPSA) is 109 Å². The number of carbonyl (C=O) groups excluding carboxylic acids is 2. The summed E-state index contributed by atoms with van der Waals surface area (Å²) in [5.74, 6) is -0.513. The molecule has 9 nitrogen and oxygen atoms in total. The average Bonchev–Trinajstić information content (AvgIpc) is 3.05. The molecule has 3 N–H and O–H groups in total. The molecule has 2 aliphatic heterocycles. The van der Waals surface area contributed by atoms with Gasteiger partial charge in [-0.25, -0.2) is 9.59 Å². The molecule has 2 aliphatic rings. The average molecular weight is 588 g/mol. The third-order valence-corrected chi connectivity index (χ3v) is 8.04. The summed E-state index contributed by atoms with van der Waals surface area (Å²) in [5.41, 5.74) is 4.25. The fourth-order valence-electron chi connectivity index (χ4n) is 5.70. The van der Waals surface area contributed by atoms with Crippen LogP contribution < -0.4 is 10.6 Å². The number of ether oxygens (including phenoxy) is 3. The van der Waals surface area contributed by atoms with Gasteiger partial charge in [0.1, 0.15) is 6.04 Å². The predicted molar refractivity (Wildman–Crippen MR) is 163 cm³/mol. The molecule has 9 heteroatoms. The lowest BCUT2D eigenvalue weighted by Gasteiger charge is -2.39. The van der Waals surface area contributed by atoms with Crippen LogP contribution in [0.3, 0.4) is 0 Å². The molecule has 0 saturated carbocycles. The minimum Gasteiger partial charge on any atom is -0.467 e. The molecule has 2 amide bonds. The highest BCUT2D eigenvalue weighted by molar-refractivity contribution is 5.92. The zero-order valence-corrected chi connectivity index (χ0v) is 24.6. The second-order valence-electron chi connectivity index (χ2n) is 11.2. The third-order valence-electron chi connectivity index (χ3n) is 8.04. The third kappa shape index (κ3) is 8.64. The molecule has 0 radical (unpaired) electrons. The fraction of sp³-hybridized carbons (Fsp3) is 0.412. The van der Waals surface area contributed by atoms with Crippen LogP contribution >= 0.6 is 0 Å². The van der Waals surface area contributed by atoms with Gasteiger partial charge in [-0.05, 0) is 54.8 Å². The van der Waals surface area contributed by atoms with Crippen LogP contribution in [0.1, 0.15) is 60.3 Å². The zero-order valence-electron chi connectivity index (χ0n) is 24.6. The molecule has 5 rings (SSSR count). The Morgan fingerprint density at radius 2 is 1.60 bits per heavy atom. The summed E-state index contributed by atoms with van der Waals surface area (Å²) in [6, 6.07) is 23.4. The van der Waals surface area contributed by atoms with E-state index in [9.17, 15) is 14.7 Å². The van der Waals surface area contributed by atoms with Crippen LogP contribution in [0.25, 0.3) is 0 Å². The Bertz CT molecular complexity index is 1310. The Hall–Kier alpha value is -3.76. The minimum atomic E-state index is -0.823. The van der Waals surface area contributed by atoms with Crippen molar-refractivity contribution in [2.24, 2.45) is 0 Å². The molecule has 2 saturated heterocycles. The number of methoxy groups -OCH3 is 1. The van der Waals surface area contributed by atoms with E-state index in [2.05, 4.69) is 15.5 Å². The summed E-state index contributed by atoms with van der Waals surface area (Å²) in [7, 11) is 1.31. The number of aliphatic hydroxyl groups excluding tert-OH is 1. The van der Waals surface area contributed by atoms with E-state index < -0.39 is 24.3 Å². The number of amides is 2. The normalized spacial score (nSPS) is 21.5. The van der Waals surface area contributed by atoms with E-state index in [0.717, 1.165) is 48.3 Å². The van der Waals surface area contributed by atoms with Crippen LogP contribution in [0.15, 0.2) is 78.9 Å². The monoisotopic (exact) mass is 587 g/mol. The molecular formula is C34H41N3O6. The standard InChI is InChI=1S/C34H41N3O6/c1-41-32(39)30(20-24-8-4-2-5-9-24)36-34(40)35-28-16-14-27(15-17-28)33-42-29(22-37-18-6-3-7-19-37)21-31(43-33)26-12-10-25(23-38)11-13-26/h2,4-5,8-17,29-31,33,38H,3,6-7,18-23H2,1H3,(H2,35,36,40)/t29-,30+,31+,33+/m1/s1. The quantitative estimate of drug-likeness (QED) is 0.283. The molecule has 0 unspecified atom stereocenters. The van der Waals surface area contributed by atoms with Gasteiger partial charge in [0.25, 0.3) is 0 Å². The highest BCUT2D eigenvalue weighted by Gasteiger charge is 2.33. The largest absolute Gasteiger partial charge is 0.467 e. The lowest BCUT2D eigenvalue weighted by molar-refractivity contribution is -0.253. The van der Waals surface area contributed by atoms with Crippen molar-refractivity contribution in [3.63, 3.8) is 0 Å². The Balaban J connectivity index is 1.24. The lowest BCUT2D eigenvalue weighted by atomic mass is 9.99. The smallest absolute Gasteiger partial charge is 0.328 e. The summed E-state index contributed by atoms with van der Waals surface area (Å²) in [6.07, 6.45) is 4.06. The number of carbonyl (C=O) groups is 2. The maximum Gasteiger partial charge on any atom is 0.328 e. The number of urea groups is 1. The van der Waals surface area contributed by atoms with E-state index in [1.165, 1.54) is 26.4 Å². The van der Waals surface area contributed by atoms with E-state index in [4.69, 9.17) is 14.2 Å². The van der Waals surface area contributed by atoms with Crippen molar-refractivity contribution in [1.82, 2.24) is 10.2 Å². The summed E-state index contributed by atoms with van der Waals surface area (Å²) in [5, 5.41) is 15.0. The Morgan fingerprint density at radius 3 is 2.28 bits per heavy atom. The first-order chi connectivity index (χ1) is 21.0. The number of nitrogens with zero attached hydrogens (tertiary/aromatic N) is 1. The maximum atomic E-state index is 12.8. The van der Waals surface area contributed by atoms with Crippen molar-refractivity contribution in [2.45, 2.75) is 63.3 Å². The molecule has 228 valence electrons. The van der Waals surface area contributed by atoms with Crippen LogP contribution in [-0.4, -0.2) is 60.9 Å². The van der Waals surface area contributed by atoms with E-state index in [1.54, 1.807) is 12.1 Å². The molecule has 4 atom stereocenters. The molecule has 0 aromatic heterocycles. The molecule has 0 aliphatic carbocycles. The van der Waals surface area contributed by atoms with Crippen molar-refractivity contribution in [1.29, 1.82) is 0 Å². The summed E-state index contributed by atoms with van der Waals surface area (Å²) < 4.78 is 17.9. The van der Waals surface area contributed by atoms with Crippen molar-refractivity contribution < 1.29 is 28.9 Å². The molecule has 43 heavy (non-hydrogen) atoms. The van der Waals surface area contributed by atoms with E-state index in [0.29, 0.717) is 12.1 Å². The first-order valence-electron chi connectivity index (χ1n) is 15.0. The van der Waals surface area contributed by atoms with Gasteiger partial charge in [0, 0.05) is 30.6 Å². The molecule has 0 spiro atoms. The molecule has 3 aromatic carbocycles. The maximum absolute atomic E-state index is 12.8. The number of likely N-dealkylation sites (tertiary alicyclic amines) is 1. The second kappa shape index (κ2) is 15.1. The first kappa shape index (κ1) is 30.7. The number of hydrogen-bond donors (Lipinski definition) is 3. The van der Waals surface area contributed by atoms with Gasteiger partial charge in [-0.1, -0.05) is 73.2 Å². The summed E-state index contributed by atoms with van der Waals surface area (Å²) in [4.78, 5) is 27.6. The van der Waals surface area contributed by atoms with Crippen LogP contribution in [0.5, 0.6) is 0 Å². The number of anilines is 1. The van der Waals surface area contributed by atoms with E-state index in [1.807, 2.05) is 66.7 Å². The van der Waals surface area contributed by atoms with Gasteiger partial charge in [-0.3, -0.25) is 0 Å². The first-order valence-corrected chi connectivity index (χ1v) is 15.0. The van der Waals surface area contributed by atoms with Crippen LogP contribution in [0, 0.1) is 0 Å². The molecular weight excluding hydrogens is 546 g/mol. The Kier molecular flexibility index (Phi) is 10.8. The second-order valence-corrected chi connectivity index (χ2v) is 11.2. The van der Waals surface area contributed by atoms with Crippen LogP contribution in [0.2, 0.25) is 0 Å². The summed E-state index contributed by atoms with van der Waals surface area (Å²) in [6.45, 7) is 3.04. The highest BCUT2D eigenvalue weighted by atomic mass is 16.7. The Labute approximate surface area is 253 Å². The number of benzene rings is 3. The van der Waals surface area contributed by atoms with Gasteiger partial charge in [0.2, 0.25) is 0 Å². The van der Waals surface area contributed by atoms with E-state index in [-0.39, 0.29) is 18.8 Å². The SMILES string of the molecule is COC(=O)[C@H](Cc1ccccc1)NC(=O)Nc1ccc([C@H]2O[C@@H](CN3CCCCC3)C[C@@H](c3ccc(CO)cc3)O2)cc1. The van der Waals surface area contributed by atoms with Crippen molar-refractivity contribution in [2.75, 3.05) is 32.1 Å². The number of rotatable bonds is 10.